The zero-order valence-electron chi connectivity index (χ0n) is 20.0. The van der Waals surface area contributed by atoms with Gasteiger partial charge >= 0.3 is 0 Å². The van der Waals surface area contributed by atoms with E-state index in [1.807, 2.05) is 36.5 Å². The number of fused-ring (bicyclic) bond motifs is 2. The first-order chi connectivity index (χ1) is 17.5. The molecule has 5 heterocycles. The Morgan fingerprint density at radius 2 is 2.03 bits per heavy atom. The highest BCUT2D eigenvalue weighted by atomic mass is 19.1. The van der Waals surface area contributed by atoms with Crippen molar-refractivity contribution in [3.63, 3.8) is 0 Å². The van der Waals surface area contributed by atoms with E-state index in [4.69, 9.17) is 9.72 Å². The smallest absolute Gasteiger partial charge is 0.251 e. The van der Waals surface area contributed by atoms with Crippen molar-refractivity contribution >= 4 is 22.6 Å². The summed E-state index contributed by atoms with van der Waals surface area (Å²) in [6, 6.07) is 15.1. The number of aromatic nitrogens is 3. The maximum atomic E-state index is 14.9. The molecule has 8 heteroatoms. The van der Waals surface area contributed by atoms with Gasteiger partial charge in [-0.15, -0.1) is 0 Å². The minimum Gasteiger partial charge on any atom is -0.373 e. The Morgan fingerprint density at radius 3 is 2.86 bits per heavy atom. The predicted molar refractivity (Wildman–Crippen MR) is 135 cm³/mol. The number of ether oxygens (including phenoxy) is 1. The van der Waals surface area contributed by atoms with E-state index >= 15 is 0 Å². The van der Waals surface area contributed by atoms with Gasteiger partial charge in [0.15, 0.2) is 5.67 Å². The van der Waals surface area contributed by atoms with Crippen LogP contribution in [0.1, 0.15) is 40.5 Å². The van der Waals surface area contributed by atoms with Gasteiger partial charge in [-0.2, -0.15) is 0 Å². The van der Waals surface area contributed by atoms with Crippen molar-refractivity contribution < 1.29 is 13.9 Å². The van der Waals surface area contributed by atoms with E-state index in [0.29, 0.717) is 23.4 Å². The molecule has 1 saturated heterocycles. The number of benzene rings is 1. The van der Waals surface area contributed by atoms with Crippen LogP contribution >= 0.6 is 0 Å². The van der Waals surface area contributed by atoms with Crippen molar-refractivity contribution in [1.29, 1.82) is 0 Å². The molecule has 4 aromatic rings. The summed E-state index contributed by atoms with van der Waals surface area (Å²) in [7, 11) is 0. The first kappa shape index (κ1) is 22.5. The molecule has 7 nitrogen and oxygen atoms in total. The van der Waals surface area contributed by atoms with Gasteiger partial charge in [0, 0.05) is 35.8 Å². The standard InChI is InChI=1S/C28H26FN5O2/c1-28(29)17-36-16-19-7-6-18(12-23(19)28)27(35)32-14-22-11-20-10-21(13-31-25(20)15-30-22)24-4-2-5-26(33-24)34-8-3-9-34/h2,4-7,10-13,15H,3,8-9,14,16-17H2,1H3,(H,32,35)/t28-/m1/s1. The van der Waals surface area contributed by atoms with Crippen molar-refractivity contribution in [3.05, 3.63) is 83.3 Å². The molecule has 1 amide bonds. The lowest BCUT2D eigenvalue weighted by atomic mass is 9.90. The fourth-order valence-electron chi connectivity index (χ4n) is 4.65. The minimum absolute atomic E-state index is 0.0137. The molecule has 0 saturated carbocycles. The van der Waals surface area contributed by atoms with E-state index in [2.05, 4.69) is 20.2 Å². The average Bonchev–Trinajstić information content (AvgIpc) is 2.86. The molecule has 1 atom stereocenters. The molecule has 1 fully saturated rings. The van der Waals surface area contributed by atoms with Gasteiger partial charge in [-0.25, -0.2) is 9.37 Å². The molecule has 36 heavy (non-hydrogen) atoms. The van der Waals surface area contributed by atoms with Crippen LogP contribution in [0.25, 0.3) is 22.2 Å². The normalized spacial score (nSPS) is 19.0. The minimum atomic E-state index is -1.61. The Morgan fingerprint density at radius 1 is 1.14 bits per heavy atom. The summed E-state index contributed by atoms with van der Waals surface area (Å²) < 4.78 is 20.2. The second kappa shape index (κ2) is 8.95. The monoisotopic (exact) mass is 483 g/mol. The highest BCUT2D eigenvalue weighted by Gasteiger charge is 2.33. The third kappa shape index (κ3) is 4.28. The molecule has 0 bridgehead atoms. The summed E-state index contributed by atoms with van der Waals surface area (Å²) in [5.74, 6) is 0.709. The molecule has 2 aliphatic heterocycles. The summed E-state index contributed by atoms with van der Waals surface area (Å²) >= 11 is 0. The van der Waals surface area contributed by atoms with Crippen LogP contribution in [0.15, 0.2) is 60.9 Å². The van der Waals surface area contributed by atoms with Crippen LogP contribution in [0.2, 0.25) is 0 Å². The molecule has 0 aliphatic carbocycles. The van der Waals surface area contributed by atoms with Crippen molar-refractivity contribution in [1.82, 2.24) is 20.3 Å². The Kier molecular flexibility index (Phi) is 5.60. The molecule has 0 spiro atoms. The zero-order valence-corrected chi connectivity index (χ0v) is 20.0. The number of alkyl halides is 1. The van der Waals surface area contributed by atoms with Gasteiger partial charge in [-0.1, -0.05) is 12.1 Å². The Labute approximate surface area is 208 Å². The lowest BCUT2D eigenvalue weighted by Gasteiger charge is -2.32. The second-order valence-corrected chi connectivity index (χ2v) is 9.56. The van der Waals surface area contributed by atoms with E-state index < -0.39 is 5.67 Å². The quantitative estimate of drug-likeness (QED) is 0.449. The van der Waals surface area contributed by atoms with E-state index in [1.165, 1.54) is 13.3 Å². The first-order valence-electron chi connectivity index (χ1n) is 12.1. The van der Waals surface area contributed by atoms with Crippen LogP contribution in [0.4, 0.5) is 10.2 Å². The number of anilines is 1. The Balaban J connectivity index is 1.20. The number of carbonyl (C=O) groups is 1. The van der Waals surface area contributed by atoms with Gasteiger partial charge in [-0.3, -0.25) is 14.8 Å². The van der Waals surface area contributed by atoms with Crippen molar-refractivity contribution in [2.75, 3.05) is 24.6 Å². The first-order valence-corrected chi connectivity index (χ1v) is 12.1. The van der Waals surface area contributed by atoms with Gasteiger partial charge in [0.1, 0.15) is 5.82 Å². The number of hydrogen-bond donors (Lipinski definition) is 1. The number of nitrogens with one attached hydrogen (secondary N) is 1. The van der Waals surface area contributed by atoms with Crippen LogP contribution in [0.3, 0.4) is 0 Å². The highest BCUT2D eigenvalue weighted by molar-refractivity contribution is 5.94. The SMILES string of the molecule is C[C@@]1(F)COCc2ccc(C(=O)NCc3cc4cc(-c5cccc(N6CCC6)n5)cnc4cn3)cc21. The third-order valence-corrected chi connectivity index (χ3v) is 6.83. The number of carbonyl (C=O) groups excluding carboxylic acids is 1. The fourth-order valence-corrected chi connectivity index (χ4v) is 4.65. The van der Waals surface area contributed by atoms with Crippen LogP contribution in [-0.4, -0.2) is 40.6 Å². The van der Waals surface area contributed by atoms with Crippen LogP contribution in [0, 0.1) is 0 Å². The number of rotatable bonds is 5. The van der Waals surface area contributed by atoms with Gasteiger partial charge in [0.2, 0.25) is 0 Å². The third-order valence-electron chi connectivity index (χ3n) is 6.83. The van der Waals surface area contributed by atoms with Gasteiger partial charge in [0.25, 0.3) is 5.91 Å². The topological polar surface area (TPSA) is 80.2 Å². The summed E-state index contributed by atoms with van der Waals surface area (Å²) in [5, 5.41) is 3.82. The molecule has 1 aromatic carbocycles. The molecular formula is C28H26FN5O2. The molecular weight excluding hydrogens is 457 g/mol. The van der Waals surface area contributed by atoms with E-state index in [1.54, 1.807) is 24.4 Å². The summed E-state index contributed by atoms with van der Waals surface area (Å²) in [6.07, 6.45) is 4.72. The van der Waals surface area contributed by atoms with Crippen molar-refractivity contribution in [2.45, 2.75) is 32.2 Å². The van der Waals surface area contributed by atoms with E-state index in [-0.39, 0.29) is 19.1 Å². The van der Waals surface area contributed by atoms with Gasteiger partial charge in [-0.05, 0) is 60.9 Å². The average molecular weight is 484 g/mol. The Bertz CT molecular complexity index is 1470. The van der Waals surface area contributed by atoms with E-state index in [0.717, 1.165) is 46.6 Å². The molecule has 0 unspecified atom stereocenters. The molecule has 182 valence electrons. The Hall–Kier alpha value is -3.91. The largest absolute Gasteiger partial charge is 0.373 e. The summed E-state index contributed by atoms with van der Waals surface area (Å²) in [4.78, 5) is 28.9. The van der Waals surface area contributed by atoms with Crippen LogP contribution in [-0.2, 0) is 23.6 Å². The van der Waals surface area contributed by atoms with Gasteiger partial charge < -0.3 is 15.0 Å². The zero-order chi connectivity index (χ0) is 24.7. The summed E-state index contributed by atoms with van der Waals surface area (Å²) in [5.41, 5.74) is 3.36. The lowest BCUT2D eigenvalue weighted by Crippen LogP contribution is -2.37. The summed E-state index contributed by atoms with van der Waals surface area (Å²) in [6.45, 7) is 4.14. The second-order valence-electron chi connectivity index (χ2n) is 9.56. The molecule has 3 aromatic heterocycles. The number of halogens is 1. The van der Waals surface area contributed by atoms with Crippen molar-refractivity contribution in [2.24, 2.45) is 0 Å². The molecule has 1 N–H and O–H groups in total. The van der Waals surface area contributed by atoms with Crippen LogP contribution in [0.5, 0.6) is 0 Å². The van der Waals surface area contributed by atoms with Crippen LogP contribution < -0.4 is 10.2 Å². The molecule has 6 rings (SSSR count). The maximum absolute atomic E-state index is 14.9. The highest BCUT2D eigenvalue weighted by Crippen LogP contribution is 2.34. The van der Waals surface area contributed by atoms with E-state index in [9.17, 15) is 9.18 Å². The fraction of sp³-hybridized carbons (Fsp3) is 0.286. The number of hydrogen-bond acceptors (Lipinski definition) is 6. The van der Waals surface area contributed by atoms with Gasteiger partial charge in [0.05, 0.1) is 42.9 Å². The van der Waals surface area contributed by atoms with Crippen molar-refractivity contribution in [3.8, 4) is 11.3 Å². The number of nitrogens with zero attached hydrogens (tertiary/aromatic N) is 4. The predicted octanol–water partition coefficient (Wildman–Crippen LogP) is 4.55. The maximum Gasteiger partial charge on any atom is 0.251 e. The molecule has 2 aliphatic rings. The molecule has 0 radical (unpaired) electrons. The number of amides is 1. The lowest BCUT2D eigenvalue weighted by molar-refractivity contribution is -0.00467. The number of pyridine rings is 3.